The summed E-state index contributed by atoms with van der Waals surface area (Å²) in [6.45, 7) is 3.69. The summed E-state index contributed by atoms with van der Waals surface area (Å²) in [6, 6.07) is 2.78. The van der Waals surface area contributed by atoms with Gasteiger partial charge in [-0.3, -0.25) is 10.1 Å². The Balaban J connectivity index is 3.05. The fourth-order valence-electron chi connectivity index (χ4n) is 1.34. The summed E-state index contributed by atoms with van der Waals surface area (Å²) in [4.78, 5) is 14.3. The van der Waals surface area contributed by atoms with Gasteiger partial charge in [0.15, 0.2) is 0 Å². The van der Waals surface area contributed by atoms with Crippen LogP contribution in [0.25, 0.3) is 0 Å². The molecule has 1 rings (SSSR count). The van der Waals surface area contributed by atoms with Gasteiger partial charge in [0.25, 0.3) is 5.69 Å². The van der Waals surface area contributed by atoms with E-state index in [0.29, 0.717) is 5.88 Å². The van der Waals surface area contributed by atoms with E-state index in [1.165, 1.54) is 19.2 Å². The lowest BCUT2D eigenvalue weighted by atomic mass is 10.0. The molecule has 0 saturated carbocycles. The van der Waals surface area contributed by atoms with Crippen LogP contribution in [0, 0.1) is 16.0 Å². The molecule has 1 aromatic rings. The first-order valence-corrected chi connectivity index (χ1v) is 5.32. The average Bonchev–Trinajstić information content (AvgIpc) is 2.28. The monoisotopic (exact) mass is 240 g/mol. The number of hydrogen-bond acceptors (Lipinski definition) is 5. The highest BCUT2D eigenvalue weighted by atomic mass is 16.6. The molecule has 1 heterocycles. The zero-order chi connectivity index (χ0) is 13.0. The Kier molecular flexibility index (Phi) is 4.39. The van der Waals surface area contributed by atoms with Crippen LogP contribution in [0.5, 0.6) is 5.88 Å². The third-order valence-corrected chi connectivity index (χ3v) is 2.50. The largest absolute Gasteiger partial charge is 0.481 e. The van der Waals surface area contributed by atoms with Gasteiger partial charge in [-0.2, -0.15) is 0 Å². The van der Waals surface area contributed by atoms with Crippen LogP contribution in [0.1, 0.15) is 19.5 Å². The van der Waals surface area contributed by atoms with Crippen molar-refractivity contribution < 1.29 is 14.8 Å². The first kappa shape index (κ1) is 13.4. The first-order chi connectivity index (χ1) is 7.95. The zero-order valence-corrected chi connectivity index (χ0v) is 10.1. The topological polar surface area (TPSA) is 85.5 Å². The molecule has 0 amide bonds. The number of aromatic nitrogens is 1. The molecule has 6 heteroatoms. The second-order valence-corrected chi connectivity index (χ2v) is 4.09. The van der Waals surface area contributed by atoms with E-state index in [1.54, 1.807) is 0 Å². The van der Waals surface area contributed by atoms with Gasteiger partial charge in [0, 0.05) is 18.6 Å². The van der Waals surface area contributed by atoms with E-state index in [4.69, 9.17) is 4.74 Å². The van der Waals surface area contributed by atoms with Gasteiger partial charge in [-0.15, -0.1) is 0 Å². The maximum atomic E-state index is 10.8. The van der Waals surface area contributed by atoms with Gasteiger partial charge >= 0.3 is 0 Å². The fraction of sp³-hybridized carbons (Fsp3) is 0.545. The Labute approximate surface area is 99.4 Å². The molecule has 0 aliphatic carbocycles. The van der Waals surface area contributed by atoms with E-state index in [-0.39, 0.29) is 23.7 Å². The van der Waals surface area contributed by atoms with E-state index in [1.807, 2.05) is 13.8 Å². The summed E-state index contributed by atoms with van der Waals surface area (Å²) in [7, 11) is 1.44. The van der Waals surface area contributed by atoms with E-state index in [9.17, 15) is 15.2 Å². The standard InChI is InChI=1S/C11H16N2O4/c1-7(2)10(14)6-8-9(13(15)16)4-5-11(12-8)17-3/h4-5,7,10,14H,6H2,1-3H3. The molecule has 0 spiro atoms. The van der Waals surface area contributed by atoms with Gasteiger partial charge < -0.3 is 9.84 Å². The number of pyridine rings is 1. The summed E-state index contributed by atoms with van der Waals surface area (Å²) < 4.78 is 4.92. The molecule has 17 heavy (non-hydrogen) atoms. The van der Waals surface area contributed by atoms with Gasteiger partial charge in [-0.1, -0.05) is 13.8 Å². The van der Waals surface area contributed by atoms with Crippen molar-refractivity contribution in [2.45, 2.75) is 26.4 Å². The van der Waals surface area contributed by atoms with Crippen molar-refractivity contribution in [3.8, 4) is 5.88 Å². The van der Waals surface area contributed by atoms with Gasteiger partial charge in [0.1, 0.15) is 5.69 Å². The van der Waals surface area contributed by atoms with E-state index >= 15 is 0 Å². The normalized spacial score (nSPS) is 12.5. The van der Waals surface area contributed by atoms with E-state index in [0.717, 1.165) is 0 Å². The summed E-state index contributed by atoms with van der Waals surface area (Å²) >= 11 is 0. The third-order valence-electron chi connectivity index (χ3n) is 2.50. The average molecular weight is 240 g/mol. The molecule has 0 radical (unpaired) electrons. The zero-order valence-electron chi connectivity index (χ0n) is 10.1. The van der Waals surface area contributed by atoms with Crippen molar-refractivity contribution in [2.24, 2.45) is 5.92 Å². The van der Waals surface area contributed by atoms with E-state index < -0.39 is 11.0 Å². The highest BCUT2D eigenvalue weighted by Gasteiger charge is 2.20. The maximum absolute atomic E-state index is 10.8. The Hall–Kier alpha value is -1.69. The van der Waals surface area contributed by atoms with Crippen molar-refractivity contribution >= 4 is 5.69 Å². The minimum atomic E-state index is -0.659. The molecule has 0 fully saturated rings. The van der Waals surface area contributed by atoms with Gasteiger partial charge in [0.2, 0.25) is 5.88 Å². The number of rotatable bonds is 5. The lowest BCUT2D eigenvalue weighted by Crippen LogP contribution is -2.19. The molecule has 94 valence electrons. The highest BCUT2D eigenvalue weighted by molar-refractivity contribution is 5.38. The number of ether oxygens (including phenoxy) is 1. The maximum Gasteiger partial charge on any atom is 0.291 e. The molecule has 0 aliphatic heterocycles. The van der Waals surface area contributed by atoms with Gasteiger partial charge in [-0.05, 0) is 5.92 Å². The van der Waals surface area contributed by atoms with Crippen molar-refractivity contribution in [2.75, 3.05) is 7.11 Å². The van der Waals surface area contributed by atoms with Crippen LogP contribution < -0.4 is 4.74 Å². The van der Waals surface area contributed by atoms with Crippen LogP contribution in [-0.2, 0) is 6.42 Å². The number of methoxy groups -OCH3 is 1. The number of aliphatic hydroxyl groups is 1. The lowest BCUT2D eigenvalue weighted by Gasteiger charge is -2.14. The Morgan fingerprint density at radius 2 is 2.18 bits per heavy atom. The molecule has 6 nitrogen and oxygen atoms in total. The third kappa shape index (κ3) is 3.39. The summed E-state index contributed by atoms with van der Waals surface area (Å²) in [6.07, 6.45) is -0.515. The summed E-state index contributed by atoms with van der Waals surface area (Å²) in [5, 5.41) is 20.6. The van der Waals surface area contributed by atoms with Crippen molar-refractivity contribution in [3.05, 3.63) is 27.9 Å². The lowest BCUT2D eigenvalue weighted by molar-refractivity contribution is -0.386. The van der Waals surface area contributed by atoms with Crippen molar-refractivity contribution in [3.63, 3.8) is 0 Å². The number of nitro groups is 1. The SMILES string of the molecule is COc1ccc([N+](=O)[O-])c(CC(O)C(C)C)n1. The van der Waals surface area contributed by atoms with Crippen LogP contribution in [-0.4, -0.2) is 28.2 Å². The molecule has 1 N–H and O–H groups in total. The predicted octanol–water partition coefficient (Wildman–Crippen LogP) is 1.56. The molecule has 1 aromatic heterocycles. The second-order valence-electron chi connectivity index (χ2n) is 4.09. The number of aliphatic hydroxyl groups excluding tert-OH is 1. The van der Waals surface area contributed by atoms with E-state index in [2.05, 4.69) is 4.98 Å². The van der Waals surface area contributed by atoms with Crippen LogP contribution in [0.2, 0.25) is 0 Å². The Bertz CT molecular complexity index is 406. The second kappa shape index (κ2) is 5.58. The van der Waals surface area contributed by atoms with Crippen molar-refractivity contribution in [1.29, 1.82) is 0 Å². The van der Waals surface area contributed by atoms with Crippen LogP contribution >= 0.6 is 0 Å². The minimum absolute atomic E-state index is 0.0163. The van der Waals surface area contributed by atoms with Crippen molar-refractivity contribution in [1.82, 2.24) is 4.98 Å². The highest BCUT2D eigenvalue weighted by Crippen LogP contribution is 2.22. The Morgan fingerprint density at radius 3 is 2.65 bits per heavy atom. The van der Waals surface area contributed by atoms with Gasteiger partial charge in [0.05, 0.1) is 18.1 Å². The molecule has 1 unspecified atom stereocenters. The van der Waals surface area contributed by atoms with Crippen LogP contribution in [0.4, 0.5) is 5.69 Å². The molecule has 0 saturated heterocycles. The fourth-order valence-corrected chi connectivity index (χ4v) is 1.34. The Morgan fingerprint density at radius 1 is 1.53 bits per heavy atom. The summed E-state index contributed by atoms with van der Waals surface area (Å²) in [5.41, 5.74) is 0.154. The smallest absolute Gasteiger partial charge is 0.291 e. The van der Waals surface area contributed by atoms with Crippen LogP contribution in [0.3, 0.4) is 0 Å². The first-order valence-electron chi connectivity index (χ1n) is 5.32. The summed E-state index contributed by atoms with van der Waals surface area (Å²) in [5.74, 6) is 0.323. The predicted molar refractivity (Wildman–Crippen MR) is 62.0 cm³/mol. The molecule has 0 aliphatic rings. The molecule has 0 aromatic carbocycles. The number of hydrogen-bond donors (Lipinski definition) is 1. The molecular formula is C11H16N2O4. The quantitative estimate of drug-likeness (QED) is 0.623. The van der Waals surface area contributed by atoms with Crippen LogP contribution in [0.15, 0.2) is 12.1 Å². The number of nitrogens with zero attached hydrogens (tertiary/aromatic N) is 2. The minimum Gasteiger partial charge on any atom is -0.481 e. The molecule has 1 atom stereocenters. The molecular weight excluding hydrogens is 224 g/mol. The van der Waals surface area contributed by atoms with Gasteiger partial charge in [-0.25, -0.2) is 4.98 Å². The molecule has 0 bridgehead atoms.